The van der Waals surface area contributed by atoms with Gasteiger partial charge in [0.25, 0.3) is 0 Å². The first kappa shape index (κ1) is 24.0. The predicted molar refractivity (Wildman–Crippen MR) is 120 cm³/mol. The third-order valence-electron chi connectivity index (χ3n) is 9.88. The van der Waals surface area contributed by atoms with Crippen LogP contribution in [0.1, 0.15) is 127 Å². The van der Waals surface area contributed by atoms with Crippen molar-refractivity contribution in [2.24, 2.45) is 39.9 Å². The summed E-state index contributed by atoms with van der Waals surface area (Å²) in [6.45, 7) is 19.6. The van der Waals surface area contributed by atoms with E-state index >= 15 is 0 Å². The molecule has 0 heteroatoms. The fourth-order valence-corrected chi connectivity index (χ4v) is 7.82. The van der Waals surface area contributed by atoms with Gasteiger partial charge < -0.3 is 0 Å². The highest BCUT2D eigenvalue weighted by Crippen LogP contribution is 2.73. The Morgan fingerprint density at radius 1 is 0.808 bits per heavy atom. The maximum atomic E-state index is 2.74. The van der Waals surface area contributed by atoms with E-state index in [1.54, 1.807) is 0 Å². The molecule has 0 amide bonds. The van der Waals surface area contributed by atoms with Gasteiger partial charge in [-0.2, -0.15) is 0 Å². The van der Waals surface area contributed by atoms with Gasteiger partial charge in [0.2, 0.25) is 0 Å². The van der Waals surface area contributed by atoms with Crippen molar-refractivity contribution in [1.82, 2.24) is 0 Å². The molecule has 0 nitrogen and oxygen atoms in total. The quantitative estimate of drug-likeness (QED) is 0.458. The Bertz CT molecular complexity index is 426. The molecule has 0 aromatic heterocycles. The average molecular weight is 365 g/mol. The third-order valence-corrected chi connectivity index (χ3v) is 9.88. The van der Waals surface area contributed by atoms with Gasteiger partial charge in [-0.15, -0.1) is 0 Å². The Hall–Kier alpha value is 0. The van der Waals surface area contributed by atoms with Crippen LogP contribution in [0.5, 0.6) is 0 Å². The van der Waals surface area contributed by atoms with Gasteiger partial charge in [0, 0.05) is 0 Å². The zero-order valence-corrected chi connectivity index (χ0v) is 18.9. The largest absolute Gasteiger partial charge is 0.0776 e. The van der Waals surface area contributed by atoms with Crippen molar-refractivity contribution in [3.63, 3.8) is 0 Å². The first-order valence-corrected chi connectivity index (χ1v) is 11.8. The minimum atomic E-state index is 0. The van der Waals surface area contributed by atoms with Crippen molar-refractivity contribution < 1.29 is 0 Å². The Labute approximate surface area is 167 Å². The fourth-order valence-electron chi connectivity index (χ4n) is 7.82. The van der Waals surface area contributed by atoms with Crippen LogP contribution in [0.15, 0.2) is 0 Å². The van der Waals surface area contributed by atoms with Gasteiger partial charge in [0.15, 0.2) is 0 Å². The second kappa shape index (κ2) is 9.00. The van der Waals surface area contributed by atoms with E-state index in [4.69, 9.17) is 0 Å². The van der Waals surface area contributed by atoms with Crippen LogP contribution in [0.2, 0.25) is 0 Å². The highest BCUT2D eigenvalue weighted by Gasteiger charge is 2.65. The minimum absolute atomic E-state index is 0. The van der Waals surface area contributed by atoms with Gasteiger partial charge in [-0.1, -0.05) is 88.5 Å². The van der Waals surface area contributed by atoms with E-state index in [-0.39, 0.29) is 7.43 Å². The molecule has 3 saturated carbocycles. The smallest absolute Gasteiger partial charge is 0.0184 e. The lowest BCUT2D eigenvalue weighted by atomic mass is 9.36. The van der Waals surface area contributed by atoms with E-state index in [2.05, 4.69) is 41.5 Å². The van der Waals surface area contributed by atoms with Crippen molar-refractivity contribution >= 4 is 0 Å². The second-order valence-electron chi connectivity index (χ2n) is 10.4. The van der Waals surface area contributed by atoms with Gasteiger partial charge in [0.1, 0.15) is 0 Å². The Morgan fingerprint density at radius 3 is 2.04 bits per heavy atom. The summed E-state index contributed by atoms with van der Waals surface area (Å²) in [5.41, 5.74) is 1.82. The van der Waals surface area contributed by atoms with E-state index in [1.807, 2.05) is 13.8 Å². The first-order valence-electron chi connectivity index (χ1n) is 11.8. The normalized spacial score (nSPS) is 48.0. The highest BCUT2D eigenvalue weighted by atomic mass is 14.7. The van der Waals surface area contributed by atoms with Crippen LogP contribution in [0.25, 0.3) is 0 Å². The van der Waals surface area contributed by atoms with E-state index in [9.17, 15) is 0 Å². The summed E-state index contributed by atoms with van der Waals surface area (Å²) in [7, 11) is 0. The van der Waals surface area contributed by atoms with Gasteiger partial charge in [-0.25, -0.2) is 0 Å². The Morgan fingerprint density at radius 2 is 1.42 bits per heavy atom. The lowest BCUT2D eigenvalue weighted by Gasteiger charge is -2.68. The van der Waals surface area contributed by atoms with Gasteiger partial charge >= 0.3 is 0 Å². The number of rotatable bonds is 2. The van der Waals surface area contributed by atoms with Gasteiger partial charge in [-0.05, 0) is 78.4 Å². The molecule has 0 radical (unpaired) electrons. The molecule has 7 atom stereocenters. The van der Waals surface area contributed by atoms with Crippen molar-refractivity contribution in [1.29, 1.82) is 0 Å². The summed E-state index contributed by atoms with van der Waals surface area (Å²) in [4.78, 5) is 0. The molecule has 7 unspecified atom stereocenters. The molecule has 0 aromatic rings. The summed E-state index contributed by atoms with van der Waals surface area (Å²) in [5.74, 6) is 3.78. The topological polar surface area (TPSA) is 0 Å². The van der Waals surface area contributed by atoms with Crippen LogP contribution in [0.3, 0.4) is 0 Å². The van der Waals surface area contributed by atoms with Crippen LogP contribution < -0.4 is 0 Å². The SMILES string of the molecule is C.CC.CCCC1CC2(C)C(C)CCC3(C)C(C)CCCC32CCC1C. The van der Waals surface area contributed by atoms with Crippen LogP contribution in [0.4, 0.5) is 0 Å². The van der Waals surface area contributed by atoms with Crippen LogP contribution in [-0.2, 0) is 0 Å². The zero-order valence-electron chi connectivity index (χ0n) is 18.9. The van der Waals surface area contributed by atoms with Crippen LogP contribution in [-0.4, -0.2) is 0 Å². The minimum Gasteiger partial charge on any atom is -0.0776 e. The molecule has 0 N–H and O–H groups in total. The van der Waals surface area contributed by atoms with Crippen molar-refractivity contribution in [3.05, 3.63) is 0 Å². The molecule has 0 aromatic carbocycles. The zero-order chi connectivity index (χ0) is 18.9. The monoisotopic (exact) mass is 364 g/mol. The molecule has 3 aliphatic carbocycles. The Balaban J connectivity index is 0.00000109. The summed E-state index contributed by atoms with van der Waals surface area (Å²) in [5, 5.41) is 0. The third kappa shape index (κ3) is 3.41. The summed E-state index contributed by atoms with van der Waals surface area (Å²) in [6.07, 6.45) is 14.9. The molecule has 3 rings (SSSR count). The van der Waals surface area contributed by atoms with Gasteiger partial charge in [-0.3, -0.25) is 0 Å². The summed E-state index contributed by atoms with van der Waals surface area (Å²) < 4.78 is 0. The van der Waals surface area contributed by atoms with Crippen LogP contribution in [0, 0.1) is 39.9 Å². The van der Waals surface area contributed by atoms with E-state index < -0.39 is 0 Å². The van der Waals surface area contributed by atoms with E-state index in [0.717, 1.165) is 23.7 Å². The second-order valence-corrected chi connectivity index (χ2v) is 10.4. The van der Waals surface area contributed by atoms with Crippen LogP contribution >= 0.6 is 0 Å². The van der Waals surface area contributed by atoms with Gasteiger partial charge in [0.05, 0.1) is 0 Å². The molecule has 0 bridgehead atoms. The summed E-state index contributed by atoms with van der Waals surface area (Å²) in [6, 6.07) is 0. The lowest BCUT2D eigenvalue weighted by molar-refractivity contribution is -0.196. The van der Waals surface area contributed by atoms with Crippen molar-refractivity contribution in [3.8, 4) is 0 Å². The van der Waals surface area contributed by atoms with Crippen molar-refractivity contribution in [2.75, 3.05) is 0 Å². The molecule has 26 heavy (non-hydrogen) atoms. The van der Waals surface area contributed by atoms with Crippen molar-refractivity contribution in [2.45, 2.75) is 127 Å². The first-order chi connectivity index (χ1) is 11.8. The molecule has 0 heterocycles. The fraction of sp³-hybridized carbons (Fsp3) is 1.00. The molecular formula is C26H52. The number of hydrogen-bond acceptors (Lipinski definition) is 0. The lowest BCUT2D eigenvalue weighted by Crippen LogP contribution is -2.61. The van der Waals surface area contributed by atoms with E-state index in [1.165, 1.54) is 64.2 Å². The standard InChI is InChI=1S/C23H42.C2H6.CH4/c1-7-9-20-16-22(6)19(4)12-14-21(5)18(3)10-8-13-23(21,22)15-11-17(20)2;1-2;/h17-20H,7-16H2,1-6H3;1-2H3;1H4. The Kier molecular flexibility index (Phi) is 8.32. The molecule has 156 valence electrons. The highest BCUT2D eigenvalue weighted by molar-refractivity contribution is 5.14. The number of hydrogen-bond donors (Lipinski definition) is 0. The average Bonchev–Trinajstić information content (AvgIpc) is 2.71. The molecular weight excluding hydrogens is 312 g/mol. The maximum absolute atomic E-state index is 2.74. The molecule has 1 spiro atoms. The molecule has 0 aliphatic heterocycles. The maximum Gasteiger partial charge on any atom is -0.0184 e. The molecule has 3 aliphatic rings. The summed E-state index contributed by atoms with van der Waals surface area (Å²) >= 11 is 0. The van der Waals surface area contributed by atoms with E-state index in [0.29, 0.717) is 16.2 Å². The molecule has 0 saturated heterocycles. The predicted octanol–water partition coefficient (Wildman–Crippen LogP) is 9.13. The molecule has 3 fully saturated rings.